The van der Waals surface area contributed by atoms with E-state index in [2.05, 4.69) is 10.3 Å². The van der Waals surface area contributed by atoms with Gasteiger partial charge in [-0.1, -0.05) is 29.8 Å². The number of carbonyl (C=O) groups is 1. The topological polar surface area (TPSA) is 76.9 Å². The van der Waals surface area contributed by atoms with Gasteiger partial charge in [0.25, 0.3) is 5.56 Å². The number of nitrogens with one attached hydrogen (secondary N) is 1. The number of benzene rings is 1. The molecule has 5 rings (SSSR count). The van der Waals surface area contributed by atoms with E-state index in [0.717, 1.165) is 26.4 Å². The Bertz CT molecular complexity index is 1470. The molecule has 0 atom stereocenters. The molecule has 4 heterocycles. The van der Waals surface area contributed by atoms with Crippen LogP contribution in [0.25, 0.3) is 31.0 Å². The van der Waals surface area contributed by atoms with Gasteiger partial charge in [-0.25, -0.2) is 9.97 Å². The SMILES string of the molecule is O=C(Cn1cnc2c(sc3nc(-c4cccs4)ccc32)c1=O)NCCc1ccc(Cl)cc1. The van der Waals surface area contributed by atoms with Crippen molar-refractivity contribution in [1.29, 1.82) is 0 Å². The van der Waals surface area contributed by atoms with Crippen molar-refractivity contribution < 1.29 is 4.79 Å². The van der Waals surface area contributed by atoms with Crippen LogP contribution in [-0.4, -0.2) is 27.0 Å². The van der Waals surface area contributed by atoms with Crippen LogP contribution in [0.1, 0.15) is 5.56 Å². The van der Waals surface area contributed by atoms with E-state index in [9.17, 15) is 9.59 Å². The largest absolute Gasteiger partial charge is 0.354 e. The van der Waals surface area contributed by atoms with Crippen molar-refractivity contribution in [2.45, 2.75) is 13.0 Å². The Hall–Kier alpha value is -3.07. The van der Waals surface area contributed by atoms with Gasteiger partial charge in [-0.3, -0.25) is 14.2 Å². The van der Waals surface area contributed by atoms with E-state index in [-0.39, 0.29) is 18.0 Å². The quantitative estimate of drug-likeness (QED) is 0.380. The molecule has 0 radical (unpaired) electrons. The molecule has 0 unspecified atom stereocenters. The smallest absolute Gasteiger partial charge is 0.271 e. The van der Waals surface area contributed by atoms with Crippen LogP contribution in [0, 0.1) is 0 Å². The molecule has 1 amide bonds. The maximum atomic E-state index is 13.0. The van der Waals surface area contributed by atoms with Crippen molar-refractivity contribution in [2.24, 2.45) is 0 Å². The van der Waals surface area contributed by atoms with Gasteiger partial charge in [0, 0.05) is 17.0 Å². The minimum absolute atomic E-state index is 0.0789. The summed E-state index contributed by atoms with van der Waals surface area (Å²) in [6.45, 7) is 0.397. The molecule has 0 aliphatic carbocycles. The molecule has 6 nitrogen and oxygen atoms in total. The molecule has 1 N–H and O–H groups in total. The third kappa shape index (κ3) is 4.17. The van der Waals surface area contributed by atoms with Gasteiger partial charge in [0.05, 0.1) is 22.4 Å². The van der Waals surface area contributed by atoms with Gasteiger partial charge < -0.3 is 5.32 Å². The summed E-state index contributed by atoms with van der Waals surface area (Å²) < 4.78 is 1.85. The molecule has 0 aliphatic rings. The molecule has 4 aromatic heterocycles. The molecule has 32 heavy (non-hydrogen) atoms. The van der Waals surface area contributed by atoms with Gasteiger partial charge in [0.1, 0.15) is 16.1 Å². The van der Waals surface area contributed by atoms with Gasteiger partial charge in [-0.15, -0.1) is 22.7 Å². The van der Waals surface area contributed by atoms with E-state index in [4.69, 9.17) is 16.6 Å². The molecule has 0 saturated heterocycles. The maximum absolute atomic E-state index is 13.0. The number of fused-ring (bicyclic) bond motifs is 3. The number of hydrogen-bond acceptors (Lipinski definition) is 6. The third-order valence-corrected chi connectivity index (χ3v) is 7.27. The Morgan fingerprint density at radius 3 is 2.75 bits per heavy atom. The molecule has 1 aromatic carbocycles. The first-order valence-corrected chi connectivity index (χ1v) is 12.0. The zero-order valence-corrected chi connectivity index (χ0v) is 19.1. The molecular weight excluding hydrogens is 464 g/mol. The van der Waals surface area contributed by atoms with Crippen molar-refractivity contribution in [2.75, 3.05) is 6.54 Å². The third-order valence-electron chi connectivity index (χ3n) is 5.05. The normalized spacial score (nSPS) is 11.3. The lowest BCUT2D eigenvalue weighted by Crippen LogP contribution is -2.33. The Kier molecular flexibility index (Phi) is 5.73. The second kappa shape index (κ2) is 8.82. The fourth-order valence-corrected chi connectivity index (χ4v) is 5.33. The molecular formula is C23H17ClN4O2S2. The highest BCUT2D eigenvalue weighted by Gasteiger charge is 2.15. The zero-order valence-electron chi connectivity index (χ0n) is 16.7. The van der Waals surface area contributed by atoms with Crippen LogP contribution in [-0.2, 0) is 17.8 Å². The standard InChI is InChI=1S/C23H17ClN4O2S2/c24-15-5-3-14(4-6-15)9-10-25-19(29)12-28-13-26-20-16-7-8-17(18-2-1-11-31-18)27-22(16)32-21(20)23(28)30/h1-8,11,13H,9-10,12H2,(H,25,29). The van der Waals surface area contributed by atoms with E-state index < -0.39 is 0 Å². The van der Waals surface area contributed by atoms with E-state index in [1.54, 1.807) is 11.3 Å². The first-order valence-electron chi connectivity index (χ1n) is 9.92. The Morgan fingerprint density at radius 2 is 1.97 bits per heavy atom. The number of amides is 1. The summed E-state index contributed by atoms with van der Waals surface area (Å²) in [4.78, 5) is 36.4. The first-order chi connectivity index (χ1) is 15.6. The molecule has 0 saturated carbocycles. The minimum atomic E-state index is -0.235. The van der Waals surface area contributed by atoms with Crippen LogP contribution < -0.4 is 10.9 Å². The van der Waals surface area contributed by atoms with Crippen LogP contribution in [0.4, 0.5) is 0 Å². The maximum Gasteiger partial charge on any atom is 0.271 e. The van der Waals surface area contributed by atoms with Gasteiger partial charge in [0.15, 0.2) is 0 Å². The van der Waals surface area contributed by atoms with E-state index in [0.29, 0.717) is 28.2 Å². The summed E-state index contributed by atoms with van der Waals surface area (Å²) in [5.41, 5.74) is 2.34. The predicted octanol–water partition coefficient (Wildman–Crippen LogP) is 4.75. The summed E-state index contributed by atoms with van der Waals surface area (Å²) in [6.07, 6.45) is 2.12. The highest BCUT2D eigenvalue weighted by atomic mass is 35.5. The Morgan fingerprint density at radius 1 is 1.12 bits per heavy atom. The monoisotopic (exact) mass is 480 g/mol. The molecule has 0 spiro atoms. The second-order valence-corrected chi connectivity index (χ2v) is 9.59. The van der Waals surface area contributed by atoms with Crippen molar-refractivity contribution in [1.82, 2.24) is 19.9 Å². The van der Waals surface area contributed by atoms with E-state index >= 15 is 0 Å². The fraction of sp³-hybridized carbons (Fsp3) is 0.130. The average Bonchev–Trinajstić information content (AvgIpc) is 3.45. The predicted molar refractivity (Wildman–Crippen MR) is 131 cm³/mol. The average molecular weight is 481 g/mol. The number of pyridine rings is 1. The van der Waals surface area contributed by atoms with Crippen LogP contribution in [0.15, 0.2) is 65.0 Å². The highest BCUT2D eigenvalue weighted by molar-refractivity contribution is 7.25. The van der Waals surface area contributed by atoms with Gasteiger partial charge in [-0.05, 0) is 47.7 Å². The van der Waals surface area contributed by atoms with Crippen molar-refractivity contribution in [3.05, 3.63) is 81.2 Å². The van der Waals surface area contributed by atoms with Crippen molar-refractivity contribution in [3.63, 3.8) is 0 Å². The molecule has 0 fully saturated rings. The highest BCUT2D eigenvalue weighted by Crippen LogP contribution is 2.32. The number of nitrogens with zero attached hydrogens (tertiary/aromatic N) is 3. The van der Waals surface area contributed by atoms with E-state index in [1.807, 2.05) is 53.9 Å². The van der Waals surface area contributed by atoms with E-state index in [1.165, 1.54) is 22.2 Å². The molecule has 5 aromatic rings. The lowest BCUT2D eigenvalue weighted by atomic mass is 10.1. The van der Waals surface area contributed by atoms with Gasteiger partial charge in [0.2, 0.25) is 5.91 Å². The van der Waals surface area contributed by atoms with Crippen molar-refractivity contribution >= 4 is 60.6 Å². The fourth-order valence-electron chi connectivity index (χ4n) is 3.43. The number of aromatic nitrogens is 3. The number of carbonyl (C=O) groups excluding carboxylic acids is 1. The molecule has 0 bridgehead atoms. The minimum Gasteiger partial charge on any atom is -0.354 e. The summed E-state index contributed by atoms with van der Waals surface area (Å²) in [5.74, 6) is -0.235. The van der Waals surface area contributed by atoms with Crippen LogP contribution >= 0.6 is 34.3 Å². The summed E-state index contributed by atoms with van der Waals surface area (Å²) in [6, 6.07) is 15.4. The summed E-state index contributed by atoms with van der Waals surface area (Å²) in [5, 5.41) is 6.39. The number of rotatable bonds is 6. The Balaban J connectivity index is 1.33. The molecule has 160 valence electrons. The van der Waals surface area contributed by atoms with Crippen molar-refractivity contribution in [3.8, 4) is 10.6 Å². The van der Waals surface area contributed by atoms with Gasteiger partial charge >= 0.3 is 0 Å². The lowest BCUT2D eigenvalue weighted by molar-refractivity contribution is -0.121. The Labute approximate surface area is 196 Å². The summed E-state index contributed by atoms with van der Waals surface area (Å²) in [7, 11) is 0. The number of hydrogen-bond donors (Lipinski definition) is 1. The number of thiophene rings is 2. The summed E-state index contributed by atoms with van der Waals surface area (Å²) >= 11 is 8.82. The second-order valence-electron chi connectivity index (χ2n) is 7.21. The van der Waals surface area contributed by atoms with Crippen LogP contribution in [0.5, 0.6) is 0 Å². The molecule has 0 aliphatic heterocycles. The van der Waals surface area contributed by atoms with Gasteiger partial charge in [-0.2, -0.15) is 0 Å². The van der Waals surface area contributed by atoms with Crippen LogP contribution in [0.3, 0.4) is 0 Å². The molecule has 9 heteroatoms. The van der Waals surface area contributed by atoms with Crippen LogP contribution in [0.2, 0.25) is 5.02 Å². The zero-order chi connectivity index (χ0) is 22.1. The lowest BCUT2D eigenvalue weighted by Gasteiger charge is -2.07. The number of halogens is 1. The first kappa shape index (κ1) is 20.8.